The Morgan fingerprint density at radius 1 is 1.04 bits per heavy atom. The summed E-state index contributed by atoms with van der Waals surface area (Å²) in [7, 11) is 5.25. The Labute approximate surface area is 260 Å². The third-order valence-corrected chi connectivity index (χ3v) is 8.89. The molecule has 234 valence electrons. The molecule has 2 N–H and O–H groups in total. The molecule has 1 atom stereocenters. The van der Waals surface area contributed by atoms with E-state index in [9.17, 15) is 9.59 Å². The van der Waals surface area contributed by atoms with Gasteiger partial charge in [-0.15, -0.1) is 0 Å². The summed E-state index contributed by atoms with van der Waals surface area (Å²) >= 11 is 0. The van der Waals surface area contributed by atoms with E-state index in [4.69, 9.17) is 30.0 Å². The number of amides is 2. The van der Waals surface area contributed by atoms with Gasteiger partial charge in [0.1, 0.15) is 28.8 Å². The summed E-state index contributed by atoms with van der Waals surface area (Å²) in [5, 5.41) is 5.79. The number of primary amides is 1. The fraction of sp³-hybridized carbons (Fsp3) is 0.394. The number of hydrogen-bond acceptors (Lipinski definition) is 7. The average Bonchev–Trinajstić information content (AvgIpc) is 3.55. The fourth-order valence-corrected chi connectivity index (χ4v) is 6.46. The van der Waals surface area contributed by atoms with E-state index in [1.807, 2.05) is 36.0 Å². The van der Waals surface area contributed by atoms with Crippen LogP contribution in [0.15, 0.2) is 48.7 Å². The SMILES string of the molecule is COc1ccc(Cn2ncc3cc(-c4nc5cc(C(=O)N6CCC[C@@H](OC(N)=O)C6)cc(OC)c5n4C)n(CC4CC4)c32)cc1. The van der Waals surface area contributed by atoms with E-state index >= 15 is 0 Å². The van der Waals surface area contributed by atoms with Crippen molar-refractivity contribution in [3.05, 3.63) is 59.8 Å². The van der Waals surface area contributed by atoms with Crippen molar-refractivity contribution in [2.45, 2.75) is 44.9 Å². The summed E-state index contributed by atoms with van der Waals surface area (Å²) in [6.07, 6.45) is 4.47. The number of imidazole rings is 1. The van der Waals surface area contributed by atoms with Crippen LogP contribution < -0.4 is 15.2 Å². The predicted molar refractivity (Wildman–Crippen MR) is 168 cm³/mol. The minimum atomic E-state index is -0.828. The molecule has 2 aromatic carbocycles. The maximum atomic E-state index is 13.6. The van der Waals surface area contributed by atoms with Gasteiger partial charge in [0.15, 0.2) is 5.82 Å². The number of aromatic nitrogens is 5. The second kappa shape index (κ2) is 11.5. The number of carbonyl (C=O) groups excluding carboxylic acids is 2. The van der Waals surface area contributed by atoms with Gasteiger partial charge in [0.2, 0.25) is 0 Å². The van der Waals surface area contributed by atoms with Gasteiger partial charge in [0.25, 0.3) is 5.91 Å². The highest BCUT2D eigenvalue weighted by molar-refractivity contribution is 6.00. The lowest BCUT2D eigenvalue weighted by Gasteiger charge is -2.32. The minimum Gasteiger partial charge on any atom is -0.497 e. The fourth-order valence-electron chi connectivity index (χ4n) is 6.46. The normalized spacial score (nSPS) is 16.8. The van der Waals surface area contributed by atoms with Gasteiger partial charge in [0.05, 0.1) is 44.7 Å². The quantitative estimate of drug-likeness (QED) is 0.258. The van der Waals surface area contributed by atoms with Crippen molar-refractivity contribution in [2.75, 3.05) is 27.3 Å². The van der Waals surface area contributed by atoms with E-state index in [1.165, 1.54) is 12.8 Å². The Morgan fingerprint density at radius 2 is 1.84 bits per heavy atom. The number of hydrogen-bond donors (Lipinski definition) is 1. The molecule has 0 radical (unpaired) electrons. The number of piperidine rings is 1. The van der Waals surface area contributed by atoms with Crippen molar-refractivity contribution in [3.63, 3.8) is 0 Å². The Kier molecular flexibility index (Phi) is 7.34. The number of carbonyl (C=O) groups is 2. The highest BCUT2D eigenvalue weighted by atomic mass is 16.6. The Balaban J connectivity index is 1.27. The third kappa shape index (κ3) is 5.45. The number of nitrogens with zero attached hydrogens (tertiary/aromatic N) is 6. The van der Waals surface area contributed by atoms with Gasteiger partial charge in [-0.2, -0.15) is 5.10 Å². The Hall–Kier alpha value is -5.00. The first kappa shape index (κ1) is 28.8. The number of aryl methyl sites for hydroxylation is 1. The summed E-state index contributed by atoms with van der Waals surface area (Å²) in [5.41, 5.74) is 10.4. The summed E-state index contributed by atoms with van der Waals surface area (Å²) in [6, 6.07) is 13.8. The molecule has 1 aliphatic carbocycles. The number of ether oxygens (including phenoxy) is 3. The van der Waals surface area contributed by atoms with E-state index in [0.717, 1.165) is 52.3 Å². The largest absolute Gasteiger partial charge is 0.497 e. The molecule has 2 aliphatic rings. The van der Waals surface area contributed by atoms with Crippen LogP contribution in [0.3, 0.4) is 0 Å². The van der Waals surface area contributed by atoms with Crippen LogP contribution in [0.2, 0.25) is 0 Å². The van der Waals surface area contributed by atoms with Gasteiger partial charge < -0.3 is 34.0 Å². The summed E-state index contributed by atoms with van der Waals surface area (Å²) in [5.74, 6) is 2.62. The van der Waals surface area contributed by atoms with Crippen LogP contribution in [0.5, 0.6) is 11.5 Å². The van der Waals surface area contributed by atoms with Crippen molar-refractivity contribution in [1.82, 2.24) is 28.8 Å². The van der Waals surface area contributed by atoms with Gasteiger partial charge in [-0.1, -0.05) is 12.1 Å². The van der Waals surface area contributed by atoms with Crippen LogP contribution in [0.25, 0.3) is 33.6 Å². The van der Waals surface area contributed by atoms with E-state index in [-0.39, 0.29) is 5.91 Å². The van der Waals surface area contributed by atoms with E-state index in [0.29, 0.717) is 48.8 Å². The highest BCUT2D eigenvalue weighted by Crippen LogP contribution is 2.38. The number of methoxy groups -OCH3 is 2. The molecule has 4 heterocycles. The molecule has 0 bridgehead atoms. The van der Waals surface area contributed by atoms with Crippen molar-refractivity contribution < 1.29 is 23.8 Å². The monoisotopic (exact) mass is 611 g/mol. The first-order valence-electron chi connectivity index (χ1n) is 15.3. The highest BCUT2D eigenvalue weighted by Gasteiger charge is 2.30. The molecular weight excluding hydrogens is 574 g/mol. The first-order chi connectivity index (χ1) is 21.8. The predicted octanol–water partition coefficient (Wildman–Crippen LogP) is 4.57. The topological polar surface area (TPSA) is 132 Å². The molecule has 1 saturated heterocycles. The lowest BCUT2D eigenvalue weighted by atomic mass is 10.1. The molecule has 2 fully saturated rings. The van der Waals surface area contributed by atoms with Gasteiger partial charge in [-0.25, -0.2) is 14.5 Å². The molecule has 0 spiro atoms. The summed E-state index contributed by atoms with van der Waals surface area (Å²) < 4.78 is 22.8. The van der Waals surface area contributed by atoms with E-state index in [2.05, 4.69) is 27.4 Å². The van der Waals surface area contributed by atoms with Gasteiger partial charge in [-0.05, 0) is 67.5 Å². The number of fused-ring (bicyclic) bond motifs is 2. The second-order valence-electron chi connectivity index (χ2n) is 12.0. The van der Waals surface area contributed by atoms with Gasteiger partial charge >= 0.3 is 6.09 Å². The smallest absolute Gasteiger partial charge is 0.404 e. The molecule has 0 unspecified atom stereocenters. The van der Waals surface area contributed by atoms with Crippen LogP contribution in [0.4, 0.5) is 4.79 Å². The molecule has 3 aromatic heterocycles. The van der Waals surface area contributed by atoms with Gasteiger partial charge in [0, 0.05) is 31.1 Å². The van der Waals surface area contributed by atoms with E-state index in [1.54, 1.807) is 25.2 Å². The van der Waals surface area contributed by atoms with Crippen LogP contribution in [0, 0.1) is 5.92 Å². The molecule has 45 heavy (non-hydrogen) atoms. The molecule has 5 aromatic rings. The second-order valence-corrected chi connectivity index (χ2v) is 12.0. The molecule has 12 nitrogen and oxygen atoms in total. The van der Waals surface area contributed by atoms with Crippen molar-refractivity contribution in [1.29, 1.82) is 0 Å². The van der Waals surface area contributed by atoms with Crippen LogP contribution in [0.1, 0.15) is 41.6 Å². The Bertz CT molecular complexity index is 1900. The van der Waals surface area contributed by atoms with Crippen molar-refractivity contribution in [2.24, 2.45) is 18.7 Å². The number of nitrogens with two attached hydrogens (primary N) is 1. The molecule has 2 amide bonds. The minimum absolute atomic E-state index is 0.165. The maximum absolute atomic E-state index is 13.6. The zero-order chi connectivity index (χ0) is 31.2. The molecule has 7 rings (SSSR count). The summed E-state index contributed by atoms with van der Waals surface area (Å²) in [6.45, 7) is 2.37. The van der Waals surface area contributed by atoms with Crippen molar-refractivity contribution >= 4 is 34.1 Å². The third-order valence-electron chi connectivity index (χ3n) is 8.89. The summed E-state index contributed by atoms with van der Waals surface area (Å²) in [4.78, 5) is 31.7. The standard InChI is InChI=1S/C33H37N7O5/c1-37-29-26(13-22(15-28(29)44-3)32(41)38-12-4-5-25(19-38)45-33(34)42)36-30(37)27-14-23-16-35-40(31(23)39(27)17-20-6-7-20)18-21-8-10-24(43-2)11-9-21/h8-11,13-16,20,25H,4-7,12,17-19H2,1-3H3,(H2,34,42)/t25-/m1/s1. The lowest BCUT2D eigenvalue weighted by molar-refractivity contribution is 0.0373. The number of likely N-dealkylation sites (tertiary alicyclic amines) is 1. The van der Waals surface area contributed by atoms with Gasteiger partial charge in [-0.3, -0.25) is 4.79 Å². The van der Waals surface area contributed by atoms with E-state index < -0.39 is 12.2 Å². The lowest BCUT2D eigenvalue weighted by Crippen LogP contribution is -2.44. The van der Waals surface area contributed by atoms with Crippen LogP contribution in [-0.4, -0.2) is 74.2 Å². The number of rotatable bonds is 9. The maximum Gasteiger partial charge on any atom is 0.404 e. The average molecular weight is 612 g/mol. The van der Waals surface area contributed by atoms with Crippen molar-refractivity contribution in [3.8, 4) is 23.0 Å². The van der Waals surface area contributed by atoms with Crippen LogP contribution >= 0.6 is 0 Å². The molecular formula is C33H37N7O5. The first-order valence-corrected chi connectivity index (χ1v) is 15.3. The molecule has 12 heteroatoms. The Morgan fingerprint density at radius 3 is 2.56 bits per heavy atom. The molecule has 1 aliphatic heterocycles. The molecule has 1 saturated carbocycles. The van der Waals surface area contributed by atoms with Crippen LogP contribution in [-0.2, 0) is 24.9 Å². The number of benzene rings is 2. The zero-order valence-corrected chi connectivity index (χ0v) is 25.7. The zero-order valence-electron chi connectivity index (χ0n) is 25.7.